The SMILES string of the molecule is CCCCc1nc(SC)c(C(=O)OCC)n1Cc1ccc(-c2ccccc2S(=O)(=O)/N=C/N(C)C)cc1. The summed E-state index contributed by atoms with van der Waals surface area (Å²) in [5, 5.41) is 0.665. The highest BCUT2D eigenvalue weighted by atomic mass is 32.2. The van der Waals surface area contributed by atoms with Gasteiger partial charge in [0.25, 0.3) is 10.0 Å². The molecule has 10 heteroatoms. The van der Waals surface area contributed by atoms with Gasteiger partial charge in [0.05, 0.1) is 11.5 Å². The van der Waals surface area contributed by atoms with Gasteiger partial charge < -0.3 is 14.2 Å². The predicted octanol–water partition coefficient (Wildman–Crippen LogP) is 5.12. The number of carbonyl (C=O) groups excluding carboxylic acids is 1. The van der Waals surface area contributed by atoms with Crippen molar-refractivity contribution in [1.29, 1.82) is 0 Å². The average Bonchev–Trinajstić information content (AvgIpc) is 3.24. The molecule has 0 unspecified atom stereocenters. The minimum Gasteiger partial charge on any atom is -0.461 e. The number of unbranched alkanes of at least 4 members (excludes halogenated alkanes) is 1. The molecule has 0 fully saturated rings. The number of aryl methyl sites for hydroxylation is 1. The summed E-state index contributed by atoms with van der Waals surface area (Å²) in [4.78, 5) is 19.3. The van der Waals surface area contributed by atoms with Crippen LogP contribution in [0.2, 0.25) is 0 Å². The number of aromatic nitrogens is 2. The summed E-state index contributed by atoms with van der Waals surface area (Å²) in [5.41, 5.74) is 2.77. The van der Waals surface area contributed by atoms with E-state index < -0.39 is 10.0 Å². The second-order valence-corrected chi connectivity index (χ2v) is 11.0. The van der Waals surface area contributed by atoms with Gasteiger partial charge in [0.15, 0.2) is 5.69 Å². The summed E-state index contributed by atoms with van der Waals surface area (Å²) < 4.78 is 36.8. The van der Waals surface area contributed by atoms with Crippen LogP contribution < -0.4 is 0 Å². The molecule has 3 aromatic rings. The Balaban J connectivity index is 1.98. The van der Waals surface area contributed by atoms with Gasteiger partial charge in [-0.05, 0) is 36.8 Å². The molecule has 3 rings (SSSR count). The topological polar surface area (TPSA) is 93.9 Å². The lowest BCUT2D eigenvalue weighted by molar-refractivity contribution is 0.0509. The maximum Gasteiger partial charge on any atom is 0.357 e. The van der Waals surface area contributed by atoms with Gasteiger partial charge in [0.1, 0.15) is 17.2 Å². The van der Waals surface area contributed by atoms with Crippen molar-refractivity contribution in [2.45, 2.75) is 49.6 Å². The molecule has 0 aliphatic carbocycles. The van der Waals surface area contributed by atoms with Crippen LogP contribution in [0.15, 0.2) is 62.9 Å². The fourth-order valence-corrected chi connectivity index (χ4v) is 5.55. The zero-order chi connectivity index (χ0) is 27.0. The molecule has 0 atom stereocenters. The highest BCUT2D eigenvalue weighted by Gasteiger charge is 2.24. The molecule has 0 radical (unpaired) electrons. The minimum absolute atomic E-state index is 0.145. The van der Waals surface area contributed by atoms with Gasteiger partial charge in [-0.3, -0.25) is 0 Å². The molecule has 0 bridgehead atoms. The minimum atomic E-state index is -3.87. The van der Waals surface area contributed by atoms with Crippen molar-refractivity contribution in [1.82, 2.24) is 14.5 Å². The van der Waals surface area contributed by atoms with Crippen LogP contribution in [0, 0.1) is 0 Å². The van der Waals surface area contributed by atoms with Gasteiger partial charge in [-0.2, -0.15) is 8.42 Å². The fourth-order valence-electron chi connectivity index (χ4n) is 3.83. The molecule has 2 aromatic carbocycles. The monoisotopic (exact) mass is 542 g/mol. The quantitative estimate of drug-likeness (QED) is 0.136. The van der Waals surface area contributed by atoms with Crippen molar-refractivity contribution in [2.75, 3.05) is 27.0 Å². The summed E-state index contributed by atoms with van der Waals surface area (Å²) in [7, 11) is -0.436. The summed E-state index contributed by atoms with van der Waals surface area (Å²) in [6, 6.07) is 14.5. The molecular formula is C27H34N4O4S2. The molecule has 1 heterocycles. The molecule has 1 aromatic heterocycles. The number of rotatable bonds is 12. The first-order chi connectivity index (χ1) is 17.7. The van der Waals surface area contributed by atoms with Crippen LogP contribution in [0.3, 0.4) is 0 Å². The summed E-state index contributed by atoms with van der Waals surface area (Å²) in [6.45, 7) is 4.65. The van der Waals surface area contributed by atoms with Crippen LogP contribution in [-0.2, 0) is 27.7 Å². The molecule has 0 saturated carbocycles. The maximum absolute atomic E-state index is 12.9. The van der Waals surface area contributed by atoms with E-state index in [1.165, 1.54) is 18.1 Å². The van der Waals surface area contributed by atoms with Crippen LogP contribution in [-0.4, -0.2) is 62.1 Å². The van der Waals surface area contributed by atoms with Crippen LogP contribution in [0.4, 0.5) is 0 Å². The second kappa shape index (κ2) is 12.9. The predicted molar refractivity (Wildman–Crippen MR) is 149 cm³/mol. The number of benzene rings is 2. The Morgan fingerprint density at radius 3 is 2.46 bits per heavy atom. The second-order valence-electron chi connectivity index (χ2n) is 8.65. The third-order valence-corrected chi connectivity index (χ3v) is 7.57. The van der Waals surface area contributed by atoms with Gasteiger partial charge in [-0.25, -0.2) is 9.78 Å². The average molecular weight is 543 g/mol. The lowest BCUT2D eigenvalue weighted by Gasteiger charge is -2.13. The summed E-state index contributed by atoms with van der Waals surface area (Å²) >= 11 is 1.43. The fraction of sp³-hybridized carbons (Fsp3) is 0.370. The van der Waals surface area contributed by atoms with Crippen molar-refractivity contribution >= 4 is 34.1 Å². The van der Waals surface area contributed by atoms with Crippen molar-refractivity contribution in [2.24, 2.45) is 4.40 Å². The van der Waals surface area contributed by atoms with Gasteiger partial charge in [0.2, 0.25) is 0 Å². The van der Waals surface area contributed by atoms with Crippen LogP contribution >= 0.6 is 11.8 Å². The summed E-state index contributed by atoms with van der Waals surface area (Å²) in [6.07, 6.45) is 5.93. The molecule has 0 N–H and O–H groups in total. The maximum atomic E-state index is 12.9. The van der Waals surface area contributed by atoms with E-state index in [-0.39, 0.29) is 17.5 Å². The highest BCUT2D eigenvalue weighted by Crippen LogP contribution is 2.30. The van der Waals surface area contributed by atoms with Crippen LogP contribution in [0.25, 0.3) is 11.1 Å². The Morgan fingerprint density at radius 2 is 1.84 bits per heavy atom. The molecule has 8 nitrogen and oxygen atoms in total. The van der Waals surface area contributed by atoms with Crippen molar-refractivity contribution in [3.8, 4) is 11.1 Å². The number of ether oxygens (including phenoxy) is 1. The van der Waals surface area contributed by atoms with E-state index in [9.17, 15) is 13.2 Å². The molecule has 0 saturated heterocycles. The molecular weight excluding hydrogens is 508 g/mol. The van der Waals surface area contributed by atoms with Crippen molar-refractivity contribution < 1.29 is 17.9 Å². The third-order valence-electron chi connectivity index (χ3n) is 5.62. The first-order valence-corrected chi connectivity index (χ1v) is 14.8. The third kappa shape index (κ3) is 7.01. The number of hydrogen-bond donors (Lipinski definition) is 0. The number of sulfonamides is 1. The molecule has 0 aliphatic rings. The van der Waals surface area contributed by atoms with E-state index in [4.69, 9.17) is 9.72 Å². The number of carbonyl (C=O) groups is 1. The van der Waals surface area contributed by atoms with Crippen LogP contribution in [0.5, 0.6) is 0 Å². The highest BCUT2D eigenvalue weighted by molar-refractivity contribution is 7.98. The molecule has 0 aliphatic heterocycles. The first-order valence-electron chi connectivity index (χ1n) is 12.2. The Hall–Kier alpha value is -3.11. The Labute approximate surface area is 223 Å². The van der Waals surface area contributed by atoms with E-state index in [1.54, 1.807) is 50.2 Å². The number of thioether (sulfide) groups is 1. The molecule has 0 amide bonds. The zero-order valence-corrected chi connectivity index (χ0v) is 23.6. The van der Waals surface area contributed by atoms with Crippen molar-refractivity contribution in [3.05, 3.63) is 65.6 Å². The largest absolute Gasteiger partial charge is 0.461 e. The van der Waals surface area contributed by atoms with Crippen LogP contribution in [0.1, 0.15) is 48.6 Å². The summed E-state index contributed by atoms with van der Waals surface area (Å²) in [5.74, 6) is 0.477. The number of esters is 1. The zero-order valence-electron chi connectivity index (χ0n) is 22.0. The van der Waals surface area contributed by atoms with Crippen molar-refractivity contribution in [3.63, 3.8) is 0 Å². The molecule has 198 valence electrons. The smallest absolute Gasteiger partial charge is 0.357 e. The van der Waals surface area contributed by atoms with E-state index in [2.05, 4.69) is 11.3 Å². The van der Waals surface area contributed by atoms with E-state index in [0.29, 0.717) is 22.8 Å². The van der Waals surface area contributed by atoms with E-state index in [0.717, 1.165) is 36.2 Å². The first kappa shape index (κ1) is 28.5. The van der Waals surface area contributed by atoms with E-state index in [1.807, 2.05) is 35.1 Å². The lowest BCUT2D eigenvalue weighted by Crippen LogP contribution is -2.16. The number of hydrogen-bond acceptors (Lipinski definition) is 6. The lowest BCUT2D eigenvalue weighted by atomic mass is 10.0. The van der Waals surface area contributed by atoms with Gasteiger partial charge in [-0.15, -0.1) is 16.2 Å². The molecule has 0 spiro atoms. The Bertz CT molecular complexity index is 1350. The Kier molecular flexibility index (Phi) is 9.93. The van der Waals surface area contributed by atoms with Gasteiger partial charge in [-0.1, -0.05) is 55.8 Å². The number of nitrogens with zero attached hydrogens (tertiary/aromatic N) is 4. The van der Waals surface area contributed by atoms with Gasteiger partial charge >= 0.3 is 5.97 Å². The Morgan fingerprint density at radius 1 is 1.14 bits per heavy atom. The standard InChI is InChI=1S/C27H34N4O4S2/c1-6-8-13-24-29-26(36-5)25(27(32)35-7-2)31(24)18-20-14-16-21(17-15-20)22-11-9-10-12-23(22)37(33,34)28-19-30(3)4/h9-12,14-17,19H,6-8,13,18H2,1-5H3/b28-19+. The van der Waals surface area contributed by atoms with E-state index >= 15 is 0 Å². The molecule has 37 heavy (non-hydrogen) atoms. The number of imidazole rings is 1. The van der Waals surface area contributed by atoms with Gasteiger partial charge in [0, 0.05) is 32.6 Å². The normalized spacial score (nSPS) is 11.7.